The fraction of sp³-hybridized carbons (Fsp3) is 0.929. The number of rotatable bonds is 5. The van der Waals surface area contributed by atoms with Crippen molar-refractivity contribution in [1.82, 2.24) is 20.4 Å². The quantitative estimate of drug-likeness (QED) is 0.750. The molecule has 8 heteroatoms. The lowest BCUT2D eigenvalue weighted by molar-refractivity contribution is -0.125. The van der Waals surface area contributed by atoms with Gasteiger partial charge in [0.2, 0.25) is 5.91 Å². The highest BCUT2D eigenvalue weighted by molar-refractivity contribution is 5.86. The van der Waals surface area contributed by atoms with Crippen LogP contribution in [0.3, 0.4) is 0 Å². The third kappa shape index (κ3) is 8.18. The van der Waals surface area contributed by atoms with Crippen molar-refractivity contribution in [3.63, 3.8) is 0 Å². The zero-order valence-corrected chi connectivity index (χ0v) is 15.8. The number of hydrogen-bond donors (Lipinski definition) is 2. The molecule has 2 N–H and O–H groups in total. The number of piperidine rings is 1. The molecular formula is C14H31Cl3N4O. The van der Waals surface area contributed by atoms with E-state index in [0.717, 1.165) is 71.7 Å². The molecule has 22 heavy (non-hydrogen) atoms. The largest absolute Gasteiger partial charge is 0.355 e. The fourth-order valence-corrected chi connectivity index (χ4v) is 2.89. The van der Waals surface area contributed by atoms with Gasteiger partial charge in [0.25, 0.3) is 0 Å². The lowest BCUT2D eigenvalue weighted by Gasteiger charge is -2.34. The van der Waals surface area contributed by atoms with Crippen molar-refractivity contribution < 1.29 is 4.79 Å². The Kier molecular flexibility index (Phi) is 15.2. The normalized spacial score (nSPS) is 22.7. The second-order valence-corrected chi connectivity index (χ2v) is 5.61. The minimum Gasteiger partial charge on any atom is -0.355 e. The molecule has 0 aliphatic carbocycles. The van der Waals surface area contributed by atoms with Crippen molar-refractivity contribution >= 4 is 43.1 Å². The molecule has 0 aromatic heterocycles. The number of nitrogens with zero attached hydrogens (tertiary/aromatic N) is 2. The molecule has 1 unspecified atom stereocenters. The van der Waals surface area contributed by atoms with Gasteiger partial charge < -0.3 is 15.5 Å². The molecule has 2 saturated heterocycles. The molecule has 0 bridgehead atoms. The maximum atomic E-state index is 12.0. The van der Waals surface area contributed by atoms with Gasteiger partial charge in [0, 0.05) is 45.8 Å². The summed E-state index contributed by atoms with van der Waals surface area (Å²) in [6, 6.07) is 0. The highest BCUT2D eigenvalue weighted by Gasteiger charge is 2.21. The van der Waals surface area contributed by atoms with Gasteiger partial charge in [-0.3, -0.25) is 9.69 Å². The van der Waals surface area contributed by atoms with E-state index in [1.165, 1.54) is 0 Å². The predicted molar refractivity (Wildman–Crippen MR) is 98.9 cm³/mol. The molecule has 0 radical (unpaired) electrons. The van der Waals surface area contributed by atoms with Crippen molar-refractivity contribution in [2.24, 2.45) is 5.92 Å². The molecule has 2 aliphatic heterocycles. The molecule has 5 nitrogen and oxygen atoms in total. The minimum absolute atomic E-state index is 0. The van der Waals surface area contributed by atoms with Gasteiger partial charge in [-0.25, -0.2) is 0 Å². The van der Waals surface area contributed by atoms with E-state index in [1.807, 2.05) is 0 Å². The van der Waals surface area contributed by atoms with Crippen LogP contribution in [0, 0.1) is 5.92 Å². The smallest absolute Gasteiger partial charge is 0.224 e. The highest BCUT2D eigenvalue weighted by Crippen LogP contribution is 2.09. The van der Waals surface area contributed by atoms with E-state index in [9.17, 15) is 4.79 Å². The summed E-state index contributed by atoms with van der Waals surface area (Å²) in [5.74, 6) is 0.421. The van der Waals surface area contributed by atoms with Gasteiger partial charge in [0.1, 0.15) is 0 Å². The van der Waals surface area contributed by atoms with Crippen LogP contribution in [0.1, 0.15) is 19.8 Å². The summed E-state index contributed by atoms with van der Waals surface area (Å²) in [6.07, 6.45) is 2.16. The van der Waals surface area contributed by atoms with Crippen LogP contribution in [0.5, 0.6) is 0 Å². The van der Waals surface area contributed by atoms with Crippen LogP contribution in [0.25, 0.3) is 0 Å². The molecule has 2 heterocycles. The van der Waals surface area contributed by atoms with E-state index in [0.29, 0.717) is 0 Å². The summed E-state index contributed by atoms with van der Waals surface area (Å²) in [5.41, 5.74) is 0. The van der Waals surface area contributed by atoms with E-state index in [2.05, 4.69) is 27.4 Å². The number of hydrogen-bond acceptors (Lipinski definition) is 4. The Morgan fingerprint density at radius 3 is 2.32 bits per heavy atom. The van der Waals surface area contributed by atoms with E-state index >= 15 is 0 Å². The van der Waals surface area contributed by atoms with Crippen LogP contribution in [-0.2, 0) is 4.79 Å². The minimum atomic E-state index is 0. The molecule has 0 aromatic rings. The van der Waals surface area contributed by atoms with Crippen LogP contribution >= 0.6 is 37.2 Å². The molecule has 2 aliphatic rings. The van der Waals surface area contributed by atoms with Crippen molar-refractivity contribution in [1.29, 1.82) is 0 Å². The first kappa shape index (κ1) is 24.5. The Balaban J connectivity index is 0. The lowest BCUT2D eigenvalue weighted by Crippen LogP contribution is -2.49. The van der Waals surface area contributed by atoms with Gasteiger partial charge in [-0.05, 0) is 25.9 Å². The first-order valence-corrected chi connectivity index (χ1v) is 7.72. The summed E-state index contributed by atoms with van der Waals surface area (Å²) in [7, 11) is 0. The fourth-order valence-electron chi connectivity index (χ4n) is 2.89. The average molecular weight is 378 g/mol. The summed E-state index contributed by atoms with van der Waals surface area (Å²) >= 11 is 0. The molecule has 1 atom stereocenters. The second kappa shape index (κ2) is 13.6. The van der Waals surface area contributed by atoms with Gasteiger partial charge in [-0.2, -0.15) is 0 Å². The van der Waals surface area contributed by atoms with Gasteiger partial charge >= 0.3 is 0 Å². The van der Waals surface area contributed by atoms with Crippen molar-refractivity contribution in [2.75, 3.05) is 58.9 Å². The Morgan fingerprint density at radius 2 is 1.77 bits per heavy atom. The van der Waals surface area contributed by atoms with Gasteiger partial charge in [0.15, 0.2) is 0 Å². The number of nitrogens with one attached hydrogen (secondary N) is 2. The molecule has 134 valence electrons. The van der Waals surface area contributed by atoms with E-state index in [4.69, 9.17) is 0 Å². The zero-order valence-electron chi connectivity index (χ0n) is 13.4. The van der Waals surface area contributed by atoms with Crippen LogP contribution in [0.2, 0.25) is 0 Å². The number of piperazine rings is 1. The molecular weight excluding hydrogens is 347 g/mol. The van der Waals surface area contributed by atoms with Gasteiger partial charge in [0.05, 0.1) is 5.92 Å². The topological polar surface area (TPSA) is 47.6 Å². The standard InChI is InChI=1S/C14H28N4O.3ClH/c1-2-17-8-10-18(11-9-17)7-6-16-14(19)13-4-3-5-15-12-13;;;/h13,15H,2-12H2,1H3,(H,16,19);3*1H. The summed E-state index contributed by atoms with van der Waals surface area (Å²) in [4.78, 5) is 16.9. The summed E-state index contributed by atoms with van der Waals surface area (Å²) in [5, 5.41) is 6.38. The molecule has 2 fully saturated rings. The number of halogens is 3. The molecule has 0 aromatic carbocycles. The lowest BCUT2D eigenvalue weighted by atomic mass is 9.99. The SMILES string of the molecule is CCN1CCN(CCNC(=O)C2CCCNC2)CC1.Cl.Cl.Cl. The number of amides is 1. The van der Waals surface area contributed by atoms with Crippen LogP contribution in [-0.4, -0.2) is 74.6 Å². The van der Waals surface area contributed by atoms with Crippen molar-refractivity contribution in [2.45, 2.75) is 19.8 Å². The van der Waals surface area contributed by atoms with Crippen molar-refractivity contribution in [3.8, 4) is 0 Å². The Hall–Kier alpha value is 0.220. The van der Waals surface area contributed by atoms with E-state index < -0.39 is 0 Å². The number of carbonyl (C=O) groups excluding carboxylic acids is 1. The predicted octanol–water partition coefficient (Wildman–Crippen LogP) is 1.01. The molecule has 0 spiro atoms. The van der Waals surface area contributed by atoms with E-state index in [-0.39, 0.29) is 49.0 Å². The van der Waals surface area contributed by atoms with Gasteiger partial charge in [-0.15, -0.1) is 37.2 Å². The molecule has 1 amide bonds. The monoisotopic (exact) mass is 376 g/mol. The summed E-state index contributed by atoms with van der Waals surface area (Å²) in [6.45, 7) is 11.7. The van der Waals surface area contributed by atoms with Crippen LogP contribution in [0.4, 0.5) is 0 Å². The third-order valence-corrected chi connectivity index (χ3v) is 4.31. The first-order chi connectivity index (χ1) is 9.29. The average Bonchev–Trinajstić information content (AvgIpc) is 2.49. The maximum Gasteiger partial charge on any atom is 0.224 e. The highest BCUT2D eigenvalue weighted by atomic mass is 35.5. The zero-order chi connectivity index (χ0) is 13.5. The second-order valence-electron chi connectivity index (χ2n) is 5.61. The first-order valence-electron chi connectivity index (χ1n) is 7.72. The number of carbonyl (C=O) groups is 1. The molecule has 0 saturated carbocycles. The number of likely N-dealkylation sites (N-methyl/N-ethyl adjacent to an activating group) is 1. The Bertz CT molecular complexity index is 283. The van der Waals surface area contributed by atoms with E-state index in [1.54, 1.807) is 0 Å². The molecule has 2 rings (SSSR count). The van der Waals surface area contributed by atoms with Crippen molar-refractivity contribution in [3.05, 3.63) is 0 Å². The van der Waals surface area contributed by atoms with Crippen LogP contribution in [0.15, 0.2) is 0 Å². The Morgan fingerprint density at radius 1 is 1.14 bits per heavy atom. The Labute approximate surface area is 153 Å². The summed E-state index contributed by atoms with van der Waals surface area (Å²) < 4.78 is 0. The third-order valence-electron chi connectivity index (χ3n) is 4.31. The maximum absolute atomic E-state index is 12.0. The van der Waals surface area contributed by atoms with Crippen LogP contribution < -0.4 is 10.6 Å². The van der Waals surface area contributed by atoms with Gasteiger partial charge in [-0.1, -0.05) is 6.92 Å².